The lowest BCUT2D eigenvalue weighted by Crippen LogP contribution is -2.51. The fraction of sp³-hybridized carbons (Fsp3) is 1.00. The molecule has 0 aliphatic rings. The lowest BCUT2D eigenvalue weighted by molar-refractivity contribution is -0.872. The molecule has 0 radical (unpaired) electrons. The van der Waals surface area contributed by atoms with Crippen LogP contribution in [0.3, 0.4) is 0 Å². The van der Waals surface area contributed by atoms with E-state index in [1.54, 1.807) is 19.0 Å². The molecular formula is C6H17N5O4+2. The van der Waals surface area contributed by atoms with Crippen LogP contribution < -0.4 is 11.2 Å². The first-order valence-corrected chi connectivity index (χ1v) is 4.17. The molecule has 0 unspecified atom stereocenters. The minimum Gasteiger partial charge on any atom is -0.297 e. The van der Waals surface area contributed by atoms with Gasteiger partial charge >= 0.3 is 6.17 Å². The number of nitrogens with zero attached hydrogens (tertiary/aromatic N) is 3. The minimum absolute atomic E-state index is 0.194. The van der Waals surface area contributed by atoms with Crippen molar-refractivity contribution in [2.24, 2.45) is 0 Å². The zero-order valence-corrected chi connectivity index (χ0v) is 9.26. The Balaban J connectivity index is 4.42. The van der Waals surface area contributed by atoms with Crippen LogP contribution in [0.15, 0.2) is 0 Å². The highest BCUT2D eigenvalue weighted by Gasteiger charge is 2.43. The maximum atomic E-state index is 11.3. The maximum Gasteiger partial charge on any atom is 0.506 e. The van der Waals surface area contributed by atoms with E-state index in [9.17, 15) is 9.81 Å². The molecule has 15 heavy (non-hydrogen) atoms. The average molecular weight is 223 g/mol. The van der Waals surface area contributed by atoms with Gasteiger partial charge in [-0.05, 0) is 25.3 Å². The zero-order valence-electron chi connectivity index (χ0n) is 9.26. The molecule has 0 bridgehead atoms. The molecule has 0 aromatic carbocycles. The van der Waals surface area contributed by atoms with Crippen LogP contribution in [-0.2, 0) is 9.68 Å². The first-order valence-electron chi connectivity index (χ1n) is 4.17. The highest BCUT2D eigenvalue weighted by atomic mass is 16.7. The maximum absolute atomic E-state index is 11.3. The van der Waals surface area contributed by atoms with Crippen LogP contribution in [-0.4, -0.2) is 55.7 Å². The van der Waals surface area contributed by atoms with Crippen LogP contribution >= 0.6 is 0 Å². The Hall–Kier alpha value is -1.32. The van der Waals surface area contributed by atoms with Gasteiger partial charge in [0.15, 0.2) is 0 Å². The summed E-state index contributed by atoms with van der Waals surface area (Å²) in [6.45, 7) is 0.194. The molecular weight excluding hydrogens is 206 g/mol. The molecule has 9 nitrogen and oxygen atoms in total. The van der Waals surface area contributed by atoms with Crippen molar-refractivity contribution in [1.29, 1.82) is 0 Å². The van der Waals surface area contributed by atoms with Gasteiger partial charge in [-0.3, -0.25) is 4.90 Å². The van der Waals surface area contributed by atoms with Crippen molar-refractivity contribution < 1.29 is 19.4 Å². The summed E-state index contributed by atoms with van der Waals surface area (Å²) < 4.78 is 0. The van der Waals surface area contributed by atoms with Crippen molar-refractivity contribution in [1.82, 2.24) is 16.1 Å². The molecule has 0 aliphatic heterocycles. The first-order chi connectivity index (χ1) is 7.02. The van der Waals surface area contributed by atoms with E-state index >= 15 is 0 Å². The highest BCUT2D eigenvalue weighted by Crippen LogP contribution is 1.92. The minimum atomic E-state index is -1.04. The van der Waals surface area contributed by atoms with Gasteiger partial charge < -0.3 is 0 Å². The van der Waals surface area contributed by atoms with Gasteiger partial charge in [0.1, 0.15) is 6.54 Å². The van der Waals surface area contributed by atoms with Crippen molar-refractivity contribution in [3.05, 3.63) is 9.81 Å². The Bertz CT molecular complexity index is 204. The Morgan fingerprint density at radius 3 is 1.80 bits per heavy atom. The van der Waals surface area contributed by atoms with Gasteiger partial charge in [0.25, 0.3) is 0 Å². The third kappa shape index (κ3) is 5.20. The van der Waals surface area contributed by atoms with E-state index in [1.807, 2.05) is 11.2 Å². The van der Waals surface area contributed by atoms with Crippen LogP contribution in [0.2, 0.25) is 0 Å². The van der Waals surface area contributed by atoms with Crippen molar-refractivity contribution in [3.63, 3.8) is 0 Å². The van der Waals surface area contributed by atoms with Gasteiger partial charge in [-0.1, -0.05) is 0 Å². The average Bonchev–Trinajstić information content (AvgIpc) is 2.14. The van der Waals surface area contributed by atoms with Crippen molar-refractivity contribution >= 4 is 0 Å². The number of hydrazine groups is 2. The number of rotatable bonds is 8. The molecule has 9 heteroatoms. The fourth-order valence-electron chi connectivity index (χ4n) is 0.872. The Kier molecular flexibility index (Phi) is 6.42. The SMILES string of the molecule is CON[N+](=O)C(CN(C)C)[N+](=O)NOC. The summed E-state index contributed by atoms with van der Waals surface area (Å²) in [6, 6.07) is 0. The summed E-state index contributed by atoms with van der Waals surface area (Å²) >= 11 is 0. The molecule has 0 rings (SSSR count). The number of hydrogen-bond donors (Lipinski definition) is 2. The molecule has 0 fully saturated rings. The Morgan fingerprint density at radius 1 is 1.13 bits per heavy atom. The topological polar surface area (TPSA) is 85.9 Å². The third-order valence-electron chi connectivity index (χ3n) is 1.43. The van der Waals surface area contributed by atoms with E-state index in [0.717, 1.165) is 0 Å². The monoisotopic (exact) mass is 223 g/mol. The molecule has 0 saturated heterocycles. The predicted octanol–water partition coefficient (Wildman–Crippen LogP) is -1.44. The van der Waals surface area contributed by atoms with E-state index in [4.69, 9.17) is 0 Å². The van der Waals surface area contributed by atoms with Crippen LogP contribution in [0.25, 0.3) is 0 Å². The van der Waals surface area contributed by atoms with Crippen molar-refractivity contribution in [2.45, 2.75) is 6.17 Å². The van der Waals surface area contributed by atoms with Gasteiger partial charge in [-0.25, -0.2) is 9.68 Å². The van der Waals surface area contributed by atoms with Gasteiger partial charge in [-0.2, -0.15) is 0 Å². The largest absolute Gasteiger partial charge is 0.506 e. The Labute approximate surface area is 87.3 Å². The second-order valence-electron chi connectivity index (χ2n) is 2.99. The van der Waals surface area contributed by atoms with Crippen LogP contribution in [0.4, 0.5) is 0 Å². The van der Waals surface area contributed by atoms with Crippen molar-refractivity contribution in [3.8, 4) is 0 Å². The van der Waals surface area contributed by atoms with Gasteiger partial charge in [0.2, 0.25) is 9.74 Å². The van der Waals surface area contributed by atoms with Crippen LogP contribution in [0, 0.1) is 9.81 Å². The molecule has 0 heterocycles. The first kappa shape index (κ1) is 13.7. The molecule has 0 aromatic rings. The summed E-state index contributed by atoms with van der Waals surface area (Å²) in [7, 11) is 6.01. The number of nitrogens with one attached hydrogen (secondary N) is 2. The highest BCUT2D eigenvalue weighted by molar-refractivity contribution is 4.43. The lowest BCUT2D eigenvalue weighted by atomic mass is 10.5. The van der Waals surface area contributed by atoms with E-state index < -0.39 is 6.17 Å². The van der Waals surface area contributed by atoms with Crippen LogP contribution in [0.5, 0.6) is 0 Å². The summed E-state index contributed by atoms with van der Waals surface area (Å²) in [4.78, 5) is 33.7. The van der Waals surface area contributed by atoms with Gasteiger partial charge in [0, 0.05) is 0 Å². The molecule has 0 spiro atoms. The summed E-state index contributed by atoms with van der Waals surface area (Å²) in [6.07, 6.45) is -1.04. The smallest absolute Gasteiger partial charge is 0.297 e. The van der Waals surface area contributed by atoms with E-state index in [2.05, 4.69) is 9.68 Å². The predicted molar refractivity (Wildman–Crippen MR) is 49.9 cm³/mol. The van der Waals surface area contributed by atoms with Crippen molar-refractivity contribution in [2.75, 3.05) is 34.9 Å². The van der Waals surface area contributed by atoms with E-state index in [1.165, 1.54) is 14.2 Å². The molecule has 0 aromatic heterocycles. The third-order valence-corrected chi connectivity index (χ3v) is 1.43. The molecule has 0 aliphatic carbocycles. The molecule has 0 saturated carbocycles. The number of likely N-dealkylation sites (N-methyl/N-ethyl adjacent to an activating group) is 1. The van der Waals surface area contributed by atoms with E-state index in [0.29, 0.717) is 0 Å². The normalized spacial score (nSPS) is 10.5. The van der Waals surface area contributed by atoms with E-state index in [-0.39, 0.29) is 16.3 Å². The molecule has 88 valence electrons. The van der Waals surface area contributed by atoms with Gasteiger partial charge in [-0.15, -0.1) is 0 Å². The zero-order chi connectivity index (χ0) is 11.8. The van der Waals surface area contributed by atoms with Crippen LogP contribution in [0.1, 0.15) is 0 Å². The standard InChI is InChI=1S/C6H17N5O4/c1-9(2)5-6(10(12)7-14-3)11(13)8-15-4/h6H,5H2,1-4H3,(H,7,12)(H,8,13)/q+2. The molecule has 2 N–H and O–H groups in total. The number of nitroso groups, excluding NO2 is 2. The summed E-state index contributed by atoms with van der Waals surface area (Å²) in [5.41, 5.74) is 4.01. The lowest BCUT2D eigenvalue weighted by Gasteiger charge is -2.07. The fourth-order valence-corrected chi connectivity index (χ4v) is 0.872. The quantitative estimate of drug-likeness (QED) is 0.296. The second-order valence-corrected chi connectivity index (χ2v) is 2.99. The molecule has 0 amide bonds. The van der Waals surface area contributed by atoms with Gasteiger partial charge in [0.05, 0.1) is 24.0 Å². The molecule has 0 atom stereocenters. The number of hydrogen-bond acceptors (Lipinski definition) is 5. The summed E-state index contributed by atoms with van der Waals surface area (Å²) in [5.74, 6) is 0. The Morgan fingerprint density at radius 2 is 1.53 bits per heavy atom. The summed E-state index contributed by atoms with van der Waals surface area (Å²) in [5, 5.41) is 0. The second kappa shape index (κ2) is 7.04.